The Kier molecular flexibility index (Phi) is 36.3. The van der Waals surface area contributed by atoms with E-state index in [1.165, 1.54) is 29.9 Å². The van der Waals surface area contributed by atoms with Gasteiger partial charge in [-0.1, -0.05) is 157 Å². The number of fused-ring (bicyclic) bond motifs is 5. The molecular weight excluding hydrogens is 1760 g/mol. The first-order chi connectivity index (χ1) is 60.3. The summed E-state index contributed by atoms with van der Waals surface area (Å²) in [4.78, 5) is 46.4. The Morgan fingerprint density at radius 3 is 1.00 bits per heavy atom. The number of carbonyl (C=O) groups excluding carboxylic acids is 2. The van der Waals surface area contributed by atoms with E-state index in [1.54, 1.807) is 109 Å². The lowest BCUT2D eigenvalue weighted by molar-refractivity contribution is -0.139. The first-order valence-corrected chi connectivity index (χ1v) is 41.9. The van der Waals surface area contributed by atoms with E-state index >= 15 is 0 Å². The minimum atomic E-state index is -1.05. The maximum Gasteiger partial charge on any atom is 0.336 e. The Bertz CT molecular complexity index is 6260. The molecule has 0 unspecified atom stereocenters. The van der Waals surface area contributed by atoms with Gasteiger partial charge in [0.15, 0.2) is 45.2 Å². The SMILES string of the molecule is CC(C)=CCOc1c(OCc2ccc(Cl)cc2)c(/C=C\C(=O)NO)cc2ccoc12.CC(C)=CCOc1c(OCc2ccc(Cl)cc2)c(/C=C\C(=O)O)cc2ccoc12.CC(C)=CCOc1c(OCc2ccc(Cl)cc2)c(/C=C\C(=O)OCc2ccc(Cl)cc2)cc2ccoc12.CC(C)=CCOc1c2occc2cc2ccc(=O)oc12.Clc1ccc(CBr)cc1. The van der Waals surface area contributed by atoms with Gasteiger partial charge in [-0.25, -0.2) is 19.9 Å². The van der Waals surface area contributed by atoms with Gasteiger partial charge in [0.25, 0.3) is 5.91 Å². The highest BCUT2D eigenvalue weighted by Gasteiger charge is 2.23. The Morgan fingerprint density at radius 1 is 0.360 bits per heavy atom. The summed E-state index contributed by atoms with van der Waals surface area (Å²) in [5.41, 5.74) is 15.0. The molecule has 20 nitrogen and oxygen atoms in total. The highest BCUT2D eigenvalue weighted by atomic mass is 79.9. The van der Waals surface area contributed by atoms with Crippen LogP contribution in [0.25, 0.3) is 73.1 Å². The zero-order valence-corrected chi connectivity index (χ0v) is 74.7. The Balaban J connectivity index is 0.000000171. The normalized spacial score (nSPS) is 10.9. The number of furan rings is 4. The smallest absolute Gasteiger partial charge is 0.336 e. The fourth-order valence-electron chi connectivity index (χ4n) is 11.5. The van der Waals surface area contributed by atoms with Crippen LogP contribution in [0.1, 0.15) is 99.9 Å². The van der Waals surface area contributed by atoms with Gasteiger partial charge in [-0.05, 0) is 241 Å². The molecule has 125 heavy (non-hydrogen) atoms. The first kappa shape index (κ1) is 94.7. The molecule has 0 aliphatic rings. The number of halogens is 6. The fourth-order valence-corrected chi connectivity index (χ4v) is 12.5. The molecule has 0 radical (unpaired) electrons. The van der Waals surface area contributed by atoms with Crippen LogP contribution in [0.5, 0.6) is 40.2 Å². The van der Waals surface area contributed by atoms with Crippen molar-refractivity contribution in [2.24, 2.45) is 0 Å². The molecule has 0 saturated carbocycles. The summed E-state index contributed by atoms with van der Waals surface area (Å²) in [6.45, 7) is 18.2. The second kappa shape index (κ2) is 47.9. The topological polar surface area (TPSA) is 260 Å². The van der Waals surface area contributed by atoms with Crippen LogP contribution in [-0.4, -0.2) is 54.6 Å². The van der Waals surface area contributed by atoms with Crippen molar-refractivity contribution in [1.82, 2.24) is 5.48 Å². The minimum absolute atomic E-state index is 0.137. The molecule has 3 N–H and O–H groups in total. The van der Waals surface area contributed by atoms with Crippen LogP contribution in [0.4, 0.5) is 0 Å². The Hall–Kier alpha value is -12.6. The molecule has 0 bridgehead atoms. The number of hydrogen-bond acceptors (Lipinski definition) is 18. The summed E-state index contributed by atoms with van der Waals surface area (Å²) in [6, 6.07) is 54.7. The molecule has 646 valence electrons. The molecule has 0 aliphatic carbocycles. The van der Waals surface area contributed by atoms with E-state index in [9.17, 15) is 19.2 Å². The Labute approximate surface area is 755 Å². The van der Waals surface area contributed by atoms with Crippen LogP contribution in [0.2, 0.25) is 25.1 Å². The second-order valence-corrected chi connectivity index (χ2v) is 31.3. The number of alkyl halides is 1. The van der Waals surface area contributed by atoms with Gasteiger partial charge in [-0.2, -0.15) is 0 Å². The van der Waals surface area contributed by atoms with Gasteiger partial charge in [0.05, 0.1) is 25.1 Å². The molecule has 0 fully saturated rings. The average Bonchev–Trinajstić information content (AvgIpc) is 1.69. The number of hydroxylamine groups is 1. The quantitative estimate of drug-likeness (QED) is 0.00719. The third-order valence-corrected chi connectivity index (χ3v) is 19.7. The summed E-state index contributed by atoms with van der Waals surface area (Å²) in [7, 11) is 0. The molecule has 0 atom stereocenters. The number of amides is 1. The maximum atomic E-state index is 12.5. The van der Waals surface area contributed by atoms with E-state index in [4.69, 9.17) is 128 Å². The van der Waals surface area contributed by atoms with Crippen molar-refractivity contribution in [2.75, 3.05) is 26.4 Å². The maximum absolute atomic E-state index is 12.5. The number of esters is 1. The monoisotopic (exact) mass is 1850 g/mol. The van der Waals surface area contributed by atoms with E-state index in [0.717, 1.165) is 87.9 Å². The zero-order chi connectivity index (χ0) is 89.3. The molecule has 5 aromatic heterocycles. The van der Waals surface area contributed by atoms with Crippen molar-refractivity contribution in [3.63, 3.8) is 0 Å². The van der Waals surface area contributed by atoms with E-state index in [2.05, 4.69) is 15.9 Å². The second-order valence-electron chi connectivity index (χ2n) is 28.5. The van der Waals surface area contributed by atoms with Gasteiger partial charge in [0.1, 0.15) is 52.9 Å². The van der Waals surface area contributed by atoms with E-state index in [0.29, 0.717) is 131 Å². The van der Waals surface area contributed by atoms with Crippen LogP contribution in [-0.2, 0) is 50.9 Å². The molecular formula is C99H89BrCl5NO19. The Morgan fingerprint density at radius 2 is 0.664 bits per heavy atom. The largest absolute Gasteiger partial charge is 0.484 e. The van der Waals surface area contributed by atoms with Gasteiger partial charge in [-0.3, -0.25) is 10.0 Å². The van der Waals surface area contributed by atoms with Gasteiger partial charge < -0.3 is 65.1 Å². The van der Waals surface area contributed by atoms with Gasteiger partial charge >= 0.3 is 17.6 Å². The van der Waals surface area contributed by atoms with Crippen molar-refractivity contribution >= 4 is 165 Å². The zero-order valence-electron chi connectivity index (χ0n) is 69.4. The van der Waals surface area contributed by atoms with E-state index < -0.39 is 23.5 Å². The lowest BCUT2D eigenvalue weighted by Crippen LogP contribution is -2.14. The molecule has 5 heterocycles. The summed E-state index contributed by atoms with van der Waals surface area (Å²) < 4.78 is 75.3. The lowest BCUT2D eigenvalue weighted by Gasteiger charge is -2.15. The first-order valence-electron chi connectivity index (χ1n) is 38.9. The molecule has 26 heteroatoms. The summed E-state index contributed by atoms with van der Waals surface area (Å²) in [5, 5.41) is 26.2. The number of ether oxygens (including phenoxy) is 8. The number of rotatable bonds is 30. The summed E-state index contributed by atoms with van der Waals surface area (Å²) >= 11 is 32.8. The predicted octanol–water partition coefficient (Wildman–Crippen LogP) is 27.2. The van der Waals surface area contributed by atoms with E-state index in [-0.39, 0.29) is 26.4 Å². The standard InChI is InChI=1S/C30H26Cl2O5.C23H22ClNO5.C23H21ClO5.C16H14O4.C7H6BrCl/c1-20(2)13-15-35-30-28-24(14-16-34-28)17-23(29(30)37-19-22-5-10-26(32)11-6-22)7-12-27(33)36-18-21-3-8-25(31)9-4-21;1-15(2)9-11-29-23-21-18(10-12-28-21)13-17(5-8-20(26)25-27)22(23)30-14-16-3-6-19(24)7-4-16;1-15(2)9-11-28-23-21-18(10-12-27-21)13-17(5-8-20(25)26)22(23)29-14-16-3-6-19(24)7-4-16;1-10(2)5-7-19-16-14-12(6-8-18-14)9-11-3-4-13(17)20-15(11)16;8-5-6-1-3-7(9)4-2-6/h3-14,16-17H,15,18-19H2,1-2H3;3-10,12-13,27H,11,14H2,1-2H3,(H,25,26);3-10,12-13H,11,14H2,1-2H3,(H,25,26);3-6,8-9H,7H2,1-2H3;1-4H,5H2/b12-7-;2*8-5-;;. The molecule has 14 rings (SSSR count). The van der Waals surface area contributed by atoms with Crippen LogP contribution >= 0.6 is 73.9 Å². The number of allylic oxidation sites excluding steroid dienone is 4. The van der Waals surface area contributed by atoms with Gasteiger partial charge in [-0.15, -0.1) is 0 Å². The summed E-state index contributed by atoms with van der Waals surface area (Å²) in [5.74, 6) is 0.918. The van der Waals surface area contributed by atoms with Crippen LogP contribution in [0.15, 0.2) is 299 Å². The number of benzene rings is 9. The summed E-state index contributed by atoms with van der Waals surface area (Å²) in [6.07, 6.45) is 22.4. The molecule has 1 amide bonds. The number of nitrogens with one attached hydrogen (secondary N) is 1. The fraction of sp³-hybridized carbons (Fsp3) is 0.172. The number of carboxylic acids is 1. The van der Waals surface area contributed by atoms with Crippen LogP contribution in [0, 0.1) is 0 Å². The highest BCUT2D eigenvalue weighted by molar-refractivity contribution is 9.08. The third kappa shape index (κ3) is 29.3. The molecule has 0 spiro atoms. The van der Waals surface area contributed by atoms with Gasteiger partial charge in [0, 0.05) is 98.4 Å². The van der Waals surface area contributed by atoms with Crippen LogP contribution < -0.4 is 44.3 Å². The third-order valence-electron chi connectivity index (χ3n) is 17.8. The lowest BCUT2D eigenvalue weighted by atomic mass is 10.1. The molecule has 14 aromatic rings. The predicted molar refractivity (Wildman–Crippen MR) is 498 cm³/mol. The van der Waals surface area contributed by atoms with Gasteiger partial charge in [0.2, 0.25) is 23.0 Å². The number of aliphatic carboxylic acids is 1. The minimum Gasteiger partial charge on any atom is -0.484 e. The number of hydrogen-bond donors (Lipinski definition) is 3. The molecule has 0 aliphatic heterocycles. The van der Waals surface area contributed by atoms with Crippen molar-refractivity contribution in [1.29, 1.82) is 0 Å². The molecule has 0 saturated heterocycles. The van der Waals surface area contributed by atoms with Crippen LogP contribution in [0.3, 0.4) is 0 Å². The number of carboxylic acid groups (broad SMARTS) is 1. The van der Waals surface area contributed by atoms with E-state index in [1.807, 2.05) is 189 Å². The van der Waals surface area contributed by atoms with Crippen molar-refractivity contribution in [2.45, 2.75) is 87.1 Å². The number of carbonyl (C=O) groups is 3. The van der Waals surface area contributed by atoms with Crippen molar-refractivity contribution < 1.29 is 84.7 Å². The van der Waals surface area contributed by atoms with Crippen molar-refractivity contribution in [3.8, 4) is 40.2 Å². The average molecular weight is 1850 g/mol. The van der Waals surface area contributed by atoms with Crippen molar-refractivity contribution in [3.05, 3.63) is 352 Å². The molecule has 9 aromatic carbocycles. The highest BCUT2D eigenvalue weighted by Crippen LogP contribution is 2.45.